The van der Waals surface area contributed by atoms with Crippen molar-refractivity contribution in [2.45, 2.75) is 96.8 Å². The summed E-state index contributed by atoms with van der Waals surface area (Å²) in [6, 6.07) is 0. The molecule has 0 aromatic heterocycles. The molecule has 1 nitrogen and oxygen atoms in total. The summed E-state index contributed by atoms with van der Waals surface area (Å²) in [6.45, 7) is 7.33. The van der Waals surface area contributed by atoms with Crippen LogP contribution >= 0.6 is 0 Å². The third-order valence-electron chi connectivity index (χ3n) is 4.34. The molecule has 1 aliphatic heterocycles. The molecular weight excluding hydrogens is 230 g/mol. The van der Waals surface area contributed by atoms with Crippen LogP contribution in [0.4, 0.5) is 0 Å². The average molecular weight is 266 g/mol. The monoisotopic (exact) mass is 266 g/mol. The molecule has 1 rings (SSSR count). The van der Waals surface area contributed by atoms with E-state index in [1.807, 2.05) is 0 Å². The first kappa shape index (κ1) is 17.0. The van der Waals surface area contributed by atoms with Gasteiger partial charge in [-0.3, -0.25) is 4.90 Å². The van der Waals surface area contributed by atoms with Crippen LogP contribution in [-0.2, 0) is 0 Å². The van der Waals surface area contributed by atoms with E-state index >= 15 is 0 Å². The molecular formula is C18H36N. The molecule has 1 radical (unpaired) electrons. The van der Waals surface area contributed by atoms with Crippen molar-refractivity contribution in [3.63, 3.8) is 0 Å². The van der Waals surface area contributed by atoms with Crippen LogP contribution in [0.25, 0.3) is 0 Å². The van der Waals surface area contributed by atoms with E-state index in [1.165, 1.54) is 103 Å². The number of nitrogens with zero attached hydrogens (tertiary/aromatic N) is 1. The fourth-order valence-corrected chi connectivity index (χ4v) is 3.02. The summed E-state index contributed by atoms with van der Waals surface area (Å²) in [5.74, 6) is 0. The fourth-order valence-electron chi connectivity index (χ4n) is 3.02. The van der Waals surface area contributed by atoms with E-state index in [2.05, 4.69) is 18.4 Å². The Morgan fingerprint density at radius 3 is 1.74 bits per heavy atom. The van der Waals surface area contributed by atoms with Gasteiger partial charge in [-0.25, -0.2) is 0 Å². The Morgan fingerprint density at radius 1 is 0.737 bits per heavy atom. The first-order valence-corrected chi connectivity index (χ1v) is 9.01. The van der Waals surface area contributed by atoms with Gasteiger partial charge in [0.2, 0.25) is 0 Å². The number of likely N-dealkylation sites (tertiary alicyclic amines) is 1. The molecule has 0 saturated carbocycles. The SMILES string of the molecule is CCCCCCCCCCCCCCN1[CH]CCC1. The molecule has 1 heterocycles. The molecule has 113 valence electrons. The number of unbranched alkanes of at least 4 members (excludes halogenated alkanes) is 11. The van der Waals surface area contributed by atoms with Crippen molar-refractivity contribution >= 4 is 0 Å². The summed E-state index contributed by atoms with van der Waals surface area (Å²) in [6.07, 6.45) is 20.1. The lowest BCUT2D eigenvalue weighted by atomic mass is 10.1. The summed E-state index contributed by atoms with van der Waals surface area (Å²) in [5, 5.41) is 0. The van der Waals surface area contributed by atoms with Crippen molar-refractivity contribution < 1.29 is 0 Å². The Kier molecular flexibility index (Phi) is 11.6. The van der Waals surface area contributed by atoms with Gasteiger partial charge in [0.15, 0.2) is 0 Å². The van der Waals surface area contributed by atoms with Gasteiger partial charge in [0, 0.05) is 6.54 Å². The van der Waals surface area contributed by atoms with Gasteiger partial charge in [0.05, 0.1) is 0 Å². The van der Waals surface area contributed by atoms with Crippen molar-refractivity contribution in [2.24, 2.45) is 0 Å². The lowest BCUT2D eigenvalue weighted by Gasteiger charge is -2.13. The molecule has 0 spiro atoms. The second-order valence-corrected chi connectivity index (χ2v) is 6.25. The van der Waals surface area contributed by atoms with Crippen molar-refractivity contribution in [3.8, 4) is 0 Å². The summed E-state index contributed by atoms with van der Waals surface area (Å²) >= 11 is 0. The highest BCUT2D eigenvalue weighted by Crippen LogP contribution is 2.15. The van der Waals surface area contributed by atoms with Gasteiger partial charge in [-0.05, 0) is 32.4 Å². The van der Waals surface area contributed by atoms with Crippen LogP contribution in [0.3, 0.4) is 0 Å². The summed E-state index contributed by atoms with van der Waals surface area (Å²) < 4.78 is 0. The highest BCUT2D eigenvalue weighted by atomic mass is 15.1. The Labute approximate surface area is 122 Å². The minimum Gasteiger partial charge on any atom is -0.299 e. The van der Waals surface area contributed by atoms with Crippen molar-refractivity contribution in [2.75, 3.05) is 13.1 Å². The predicted molar refractivity (Wildman–Crippen MR) is 86.2 cm³/mol. The lowest BCUT2D eigenvalue weighted by molar-refractivity contribution is 0.370. The van der Waals surface area contributed by atoms with Gasteiger partial charge in [0.1, 0.15) is 0 Å². The first-order valence-electron chi connectivity index (χ1n) is 9.01. The number of hydrogen-bond donors (Lipinski definition) is 0. The van der Waals surface area contributed by atoms with Gasteiger partial charge < -0.3 is 0 Å². The number of rotatable bonds is 13. The fraction of sp³-hybridized carbons (Fsp3) is 0.944. The molecule has 0 atom stereocenters. The van der Waals surface area contributed by atoms with E-state index in [0.717, 1.165) is 0 Å². The van der Waals surface area contributed by atoms with E-state index in [4.69, 9.17) is 0 Å². The smallest absolute Gasteiger partial charge is 0.0252 e. The average Bonchev–Trinajstić information content (AvgIpc) is 2.93. The van der Waals surface area contributed by atoms with Crippen molar-refractivity contribution in [3.05, 3.63) is 6.54 Å². The highest BCUT2D eigenvalue weighted by molar-refractivity contribution is 4.76. The third kappa shape index (κ3) is 10.4. The molecule has 0 aromatic rings. The Balaban J connectivity index is 1.67. The van der Waals surface area contributed by atoms with Crippen molar-refractivity contribution in [1.29, 1.82) is 0 Å². The molecule has 0 aromatic carbocycles. The zero-order valence-corrected chi connectivity index (χ0v) is 13.3. The standard InChI is InChI=1S/C18H36N/c1-2-3-4-5-6-7-8-9-10-11-12-13-16-19-17-14-15-18-19/h17H,2-16,18H2,1H3. The maximum absolute atomic E-state index is 2.52. The van der Waals surface area contributed by atoms with Gasteiger partial charge in [-0.15, -0.1) is 0 Å². The maximum Gasteiger partial charge on any atom is 0.0252 e. The van der Waals surface area contributed by atoms with Crippen LogP contribution in [0.1, 0.15) is 96.8 Å². The molecule has 1 saturated heterocycles. The van der Waals surface area contributed by atoms with Gasteiger partial charge in [0.25, 0.3) is 0 Å². The van der Waals surface area contributed by atoms with Crippen LogP contribution < -0.4 is 0 Å². The summed E-state index contributed by atoms with van der Waals surface area (Å²) in [5.41, 5.74) is 0. The zero-order valence-electron chi connectivity index (χ0n) is 13.3. The summed E-state index contributed by atoms with van der Waals surface area (Å²) in [7, 11) is 0. The molecule has 1 heteroatoms. The van der Waals surface area contributed by atoms with E-state index in [0.29, 0.717) is 0 Å². The minimum absolute atomic E-state index is 1.32. The Morgan fingerprint density at radius 2 is 1.26 bits per heavy atom. The Bertz CT molecular complexity index is 173. The molecule has 1 aliphatic rings. The minimum atomic E-state index is 1.32. The lowest BCUT2D eigenvalue weighted by Crippen LogP contribution is -2.16. The molecule has 19 heavy (non-hydrogen) atoms. The van der Waals surface area contributed by atoms with Crippen LogP contribution in [0.2, 0.25) is 0 Å². The van der Waals surface area contributed by atoms with Crippen LogP contribution in [0.5, 0.6) is 0 Å². The largest absolute Gasteiger partial charge is 0.299 e. The van der Waals surface area contributed by atoms with Crippen LogP contribution in [-0.4, -0.2) is 18.0 Å². The normalized spacial score (nSPS) is 16.3. The third-order valence-corrected chi connectivity index (χ3v) is 4.34. The van der Waals surface area contributed by atoms with E-state index in [1.54, 1.807) is 0 Å². The molecule has 0 unspecified atom stereocenters. The van der Waals surface area contributed by atoms with Gasteiger partial charge in [-0.1, -0.05) is 77.6 Å². The molecule has 1 fully saturated rings. The van der Waals surface area contributed by atoms with Crippen LogP contribution in [0.15, 0.2) is 0 Å². The number of hydrogen-bond acceptors (Lipinski definition) is 1. The second kappa shape index (κ2) is 13.0. The van der Waals surface area contributed by atoms with Gasteiger partial charge >= 0.3 is 0 Å². The van der Waals surface area contributed by atoms with E-state index < -0.39 is 0 Å². The summed E-state index contributed by atoms with van der Waals surface area (Å²) in [4.78, 5) is 2.52. The molecule has 0 amide bonds. The van der Waals surface area contributed by atoms with Crippen LogP contribution in [0, 0.1) is 6.54 Å². The second-order valence-electron chi connectivity index (χ2n) is 6.25. The molecule has 0 bridgehead atoms. The van der Waals surface area contributed by atoms with E-state index in [9.17, 15) is 0 Å². The Hall–Kier alpha value is -0.0400. The van der Waals surface area contributed by atoms with Crippen molar-refractivity contribution in [1.82, 2.24) is 4.90 Å². The van der Waals surface area contributed by atoms with E-state index in [-0.39, 0.29) is 0 Å². The topological polar surface area (TPSA) is 3.24 Å². The maximum atomic E-state index is 2.52. The first-order chi connectivity index (χ1) is 9.43. The quantitative estimate of drug-likeness (QED) is 0.373. The molecule has 0 N–H and O–H groups in total. The zero-order chi connectivity index (χ0) is 13.6. The highest BCUT2D eigenvalue weighted by Gasteiger charge is 2.10. The molecule has 0 aliphatic carbocycles. The predicted octanol–water partition coefficient (Wildman–Crippen LogP) is 5.95. The van der Waals surface area contributed by atoms with Gasteiger partial charge in [-0.2, -0.15) is 0 Å².